The van der Waals surface area contributed by atoms with Gasteiger partial charge in [0.25, 0.3) is 5.91 Å². The van der Waals surface area contributed by atoms with Gasteiger partial charge in [-0.3, -0.25) is 9.59 Å². The molecule has 0 unspecified atom stereocenters. The predicted molar refractivity (Wildman–Crippen MR) is 105 cm³/mol. The maximum atomic E-state index is 11.9. The van der Waals surface area contributed by atoms with Crippen LogP contribution in [0.5, 0.6) is 0 Å². The lowest BCUT2D eigenvalue weighted by Gasteiger charge is -2.08. The molecule has 3 aromatic rings. The van der Waals surface area contributed by atoms with E-state index in [-0.39, 0.29) is 18.9 Å². The van der Waals surface area contributed by atoms with Crippen molar-refractivity contribution < 1.29 is 14.3 Å². The van der Waals surface area contributed by atoms with Gasteiger partial charge < -0.3 is 10.1 Å². The van der Waals surface area contributed by atoms with E-state index in [1.807, 2.05) is 54.9 Å². The van der Waals surface area contributed by atoms with Crippen LogP contribution in [0.15, 0.2) is 41.1 Å². The van der Waals surface area contributed by atoms with Crippen LogP contribution in [-0.4, -0.2) is 23.5 Å². The number of hydrogen-bond donors (Lipinski definition) is 1. The molecule has 7 heteroatoms. The van der Waals surface area contributed by atoms with Gasteiger partial charge in [0.05, 0.1) is 17.0 Å². The average molecular weight is 386 g/mol. The quantitative estimate of drug-likeness (QED) is 0.644. The Morgan fingerprint density at radius 2 is 2.00 bits per heavy atom. The van der Waals surface area contributed by atoms with Crippen molar-refractivity contribution in [2.24, 2.45) is 0 Å². The molecule has 2 heterocycles. The van der Waals surface area contributed by atoms with E-state index in [4.69, 9.17) is 4.74 Å². The number of nitrogens with zero attached hydrogens (tertiary/aromatic N) is 1. The molecule has 0 saturated carbocycles. The van der Waals surface area contributed by atoms with E-state index < -0.39 is 5.97 Å². The Balaban J connectivity index is 1.47. The predicted octanol–water partition coefficient (Wildman–Crippen LogP) is 4.21. The van der Waals surface area contributed by atoms with E-state index in [0.717, 1.165) is 21.0 Å². The molecule has 0 fully saturated rings. The second-order valence-electron chi connectivity index (χ2n) is 5.81. The number of hydrogen-bond acceptors (Lipinski definition) is 6. The Hall–Kier alpha value is -2.51. The van der Waals surface area contributed by atoms with E-state index >= 15 is 0 Å². The maximum Gasteiger partial charge on any atom is 0.312 e. The Morgan fingerprint density at radius 1 is 1.15 bits per heavy atom. The summed E-state index contributed by atoms with van der Waals surface area (Å²) in [4.78, 5) is 29.4. The number of rotatable bonds is 6. The van der Waals surface area contributed by atoms with Crippen LogP contribution in [0.1, 0.15) is 16.8 Å². The highest BCUT2D eigenvalue weighted by Crippen LogP contribution is 2.27. The fraction of sp³-hybridized carbons (Fsp3) is 0.211. The molecule has 2 aromatic heterocycles. The third-order valence-corrected chi connectivity index (χ3v) is 5.69. The molecule has 5 nitrogen and oxygen atoms in total. The second kappa shape index (κ2) is 8.25. The van der Waals surface area contributed by atoms with Crippen molar-refractivity contribution in [3.05, 3.63) is 57.9 Å². The molecule has 0 saturated heterocycles. The number of ether oxygens (including phenoxy) is 1. The highest BCUT2D eigenvalue weighted by atomic mass is 32.1. The molecule has 0 aliphatic heterocycles. The van der Waals surface area contributed by atoms with Crippen LogP contribution in [0, 0.1) is 13.8 Å². The van der Waals surface area contributed by atoms with Gasteiger partial charge in [0, 0.05) is 11.1 Å². The zero-order chi connectivity index (χ0) is 18.5. The van der Waals surface area contributed by atoms with E-state index in [1.54, 1.807) is 11.3 Å². The van der Waals surface area contributed by atoms with E-state index in [2.05, 4.69) is 10.3 Å². The monoisotopic (exact) mass is 386 g/mol. The molecule has 1 amide bonds. The second-order valence-corrected chi connectivity index (χ2v) is 7.61. The summed E-state index contributed by atoms with van der Waals surface area (Å²) in [6, 6.07) is 9.59. The van der Waals surface area contributed by atoms with Crippen molar-refractivity contribution in [2.45, 2.75) is 20.3 Å². The highest BCUT2D eigenvalue weighted by molar-refractivity contribution is 7.20. The summed E-state index contributed by atoms with van der Waals surface area (Å²) < 4.78 is 5.05. The molecule has 0 radical (unpaired) electrons. The largest absolute Gasteiger partial charge is 0.455 e. The first kappa shape index (κ1) is 18.3. The van der Waals surface area contributed by atoms with Crippen LogP contribution in [0.25, 0.3) is 9.88 Å². The molecule has 0 aliphatic carbocycles. The number of anilines is 1. The molecule has 3 rings (SSSR count). The number of benzene rings is 1. The lowest BCUT2D eigenvalue weighted by Crippen LogP contribution is -2.21. The van der Waals surface area contributed by atoms with Gasteiger partial charge in [-0.2, -0.15) is 0 Å². The van der Waals surface area contributed by atoms with Crippen molar-refractivity contribution >= 4 is 40.2 Å². The lowest BCUT2D eigenvalue weighted by molar-refractivity contribution is -0.146. The molecular weight excluding hydrogens is 368 g/mol. The van der Waals surface area contributed by atoms with Crippen molar-refractivity contribution in [3.8, 4) is 9.88 Å². The van der Waals surface area contributed by atoms with Crippen molar-refractivity contribution in [2.75, 3.05) is 11.9 Å². The molecule has 1 N–H and O–H groups in total. The zero-order valence-corrected chi connectivity index (χ0v) is 16.1. The van der Waals surface area contributed by atoms with Gasteiger partial charge in [0.15, 0.2) is 6.61 Å². The molecule has 134 valence electrons. The molecule has 1 aromatic carbocycles. The van der Waals surface area contributed by atoms with Gasteiger partial charge in [-0.1, -0.05) is 12.1 Å². The van der Waals surface area contributed by atoms with Crippen molar-refractivity contribution in [3.63, 3.8) is 0 Å². The number of aromatic nitrogens is 1. The normalized spacial score (nSPS) is 10.5. The molecule has 0 atom stereocenters. The van der Waals surface area contributed by atoms with Crippen LogP contribution < -0.4 is 5.32 Å². The maximum absolute atomic E-state index is 11.9. The first-order chi connectivity index (χ1) is 12.5. The average Bonchev–Trinajstić information content (AvgIpc) is 3.28. The molecule has 0 spiro atoms. The van der Waals surface area contributed by atoms with Crippen LogP contribution in [-0.2, 0) is 20.7 Å². The molecule has 0 bridgehead atoms. The smallest absolute Gasteiger partial charge is 0.312 e. The standard InChI is InChI=1S/C19H18N2O3S2/c1-12-5-6-14(8-13(12)2)20-17(22)10-24-18(23)9-15-11-26-19(21-15)16-4-3-7-25-16/h3-8,11H,9-10H2,1-2H3,(H,20,22). The topological polar surface area (TPSA) is 68.3 Å². The number of thiophene rings is 1. The fourth-order valence-corrected chi connectivity index (χ4v) is 3.90. The summed E-state index contributed by atoms with van der Waals surface area (Å²) in [7, 11) is 0. The summed E-state index contributed by atoms with van der Waals surface area (Å²) in [5.41, 5.74) is 3.58. The Morgan fingerprint density at radius 3 is 2.73 bits per heavy atom. The van der Waals surface area contributed by atoms with Gasteiger partial charge in [-0.15, -0.1) is 22.7 Å². The third-order valence-electron chi connectivity index (χ3n) is 3.76. The Bertz CT molecular complexity index is 917. The molecular formula is C19H18N2O3S2. The number of carbonyl (C=O) groups is 2. The SMILES string of the molecule is Cc1ccc(NC(=O)COC(=O)Cc2csc(-c3cccs3)n2)cc1C. The van der Waals surface area contributed by atoms with Crippen LogP contribution in [0.2, 0.25) is 0 Å². The number of carbonyl (C=O) groups excluding carboxylic acids is 2. The van der Waals surface area contributed by atoms with Crippen LogP contribution >= 0.6 is 22.7 Å². The van der Waals surface area contributed by atoms with Crippen molar-refractivity contribution in [1.82, 2.24) is 4.98 Å². The number of aryl methyl sites for hydroxylation is 2. The minimum absolute atomic E-state index is 0.0544. The summed E-state index contributed by atoms with van der Waals surface area (Å²) in [5, 5.41) is 7.43. The van der Waals surface area contributed by atoms with Crippen molar-refractivity contribution in [1.29, 1.82) is 0 Å². The molecule has 26 heavy (non-hydrogen) atoms. The fourth-order valence-electron chi connectivity index (χ4n) is 2.26. The van der Waals surface area contributed by atoms with Crippen LogP contribution in [0.3, 0.4) is 0 Å². The van der Waals surface area contributed by atoms with E-state index in [1.165, 1.54) is 11.3 Å². The van der Waals surface area contributed by atoms with Crippen LogP contribution in [0.4, 0.5) is 5.69 Å². The number of esters is 1. The van der Waals surface area contributed by atoms with Gasteiger partial charge in [0.1, 0.15) is 5.01 Å². The summed E-state index contributed by atoms with van der Waals surface area (Å²) in [6.45, 7) is 3.67. The Labute approximate surface area is 159 Å². The van der Waals surface area contributed by atoms with E-state index in [9.17, 15) is 9.59 Å². The first-order valence-corrected chi connectivity index (χ1v) is 9.78. The number of amides is 1. The minimum atomic E-state index is -0.469. The summed E-state index contributed by atoms with van der Waals surface area (Å²) >= 11 is 3.09. The minimum Gasteiger partial charge on any atom is -0.455 e. The number of nitrogens with one attached hydrogen (secondary N) is 1. The summed E-state index contributed by atoms with van der Waals surface area (Å²) in [5.74, 6) is -0.831. The number of thiazole rings is 1. The van der Waals surface area contributed by atoms with Gasteiger partial charge in [-0.05, 0) is 48.6 Å². The third kappa shape index (κ3) is 4.77. The highest BCUT2D eigenvalue weighted by Gasteiger charge is 2.12. The first-order valence-electron chi connectivity index (χ1n) is 8.02. The Kier molecular flexibility index (Phi) is 5.80. The van der Waals surface area contributed by atoms with Gasteiger partial charge in [0.2, 0.25) is 0 Å². The molecule has 0 aliphatic rings. The lowest BCUT2D eigenvalue weighted by atomic mass is 10.1. The van der Waals surface area contributed by atoms with Gasteiger partial charge in [-0.25, -0.2) is 4.98 Å². The summed E-state index contributed by atoms with van der Waals surface area (Å²) in [6.07, 6.45) is 0.0544. The van der Waals surface area contributed by atoms with Gasteiger partial charge >= 0.3 is 5.97 Å². The zero-order valence-electron chi connectivity index (χ0n) is 14.4. The van der Waals surface area contributed by atoms with E-state index in [0.29, 0.717) is 11.4 Å².